The Morgan fingerprint density at radius 3 is 1.71 bits per heavy atom. The van der Waals surface area contributed by atoms with Gasteiger partial charge in [-0.3, -0.25) is 0 Å². The number of amides is 1. The fourth-order valence-electron chi connectivity index (χ4n) is 3.43. The van der Waals surface area contributed by atoms with E-state index < -0.39 is 23.6 Å². The van der Waals surface area contributed by atoms with Crippen molar-refractivity contribution in [1.82, 2.24) is 5.32 Å². The molecule has 0 fully saturated rings. The van der Waals surface area contributed by atoms with Crippen LogP contribution in [0.1, 0.15) is 101 Å². The van der Waals surface area contributed by atoms with Gasteiger partial charge in [-0.2, -0.15) is 0 Å². The lowest BCUT2D eigenvalue weighted by atomic mass is 9.86. The van der Waals surface area contributed by atoms with Gasteiger partial charge < -0.3 is 29.4 Å². The quantitative estimate of drug-likeness (QED) is 0.218. The third kappa shape index (κ3) is 12.1. The number of carbonyl (C=O) groups is 3. The summed E-state index contributed by atoms with van der Waals surface area (Å²) in [5.41, 5.74) is 1.99. The third-order valence-corrected chi connectivity index (χ3v) is 5.77. The van der Waals surface area contributed by atoms with Gasteiger partial charge >= 0.3 is 18.0 Å². The molecule has 0 atom stereocenters. The molecule has 9 nitrogen and oxygen atoms in total. The molecule has 0 radical (unpaired) electrons. The summed E-state index contributed by atoms with van der Waals surface area (Å²) in [4.78, 5) is 34.7. The molecule has 0 aliphatic heterocycles. The maximum Gasteiger partial charge on any atom is 0.407 e. The smallest absolute Gasteiger partial charge is 0.407 e. The highest BCUT2D eigenvalue weighted by Crippen LogP contribution is 2.30. The normalized spacial score (nSPS) is 11.5. The summed E-state index contributed by atoms with van der Waals surface area (Å²) in [6.45, 7) is 18.6. The Kier molecular flexibility index (Phi) is 12.7. The highest BCUT2D eigenvalue weighted by Gasteiger charge is 2.20. The van der Waals surface area contributed by atoms with Crippen molar-refractivity contribution < 1.29 is 38.4 Å². The summed E-state index contributed by atoms with van der Waals surface area (Å²) in [7, 11) is 2.63. The second kappa shape index (κ2) is 14.8. The highest BCUT2D eigenvalue weighted by molar-refractivity contribution is 5.93. The van der Waals surface area contributed by atoms with Crippen LogP contribution in [-0.4, -0.2) is 56.1 Å². The minimum atomic E-state index is -0.524. The molecular weight excluding hydrogens is 526 g/mol. The van der Waals surface area contributed by atoms with Crippen LogP contribution in [0.4, 0.5) is 4.79 Å². The van der Waals surface area contributed by atoms with Gasteiger partial charge in [0.15, 0.2) is 0 Å². The Labute approximate surface area is 244 Å². The number of carbonyl (C=O) groups excluding carboxylic acids is 3. The molecule has 228 valence electrons. The summed E-state index contributed by atoms with van der Waals surface area (Å²) in [6, 6.07) is 10.5. The monoisotopic (exact) mass is 573 g/mol. The zero-order valence-corrected chi connectivity index (χ0v) is 26.4. The number of benzene rings is 2. The summed E-state index contributed by atoms with van der Waals surface area (Å²) in [5.74, 6) is -0.504. The number of esters is 2. The molecule has 0 bridgehead atoms. The zero-order valence-electron chi connectivity index (χ0n) is 26.4. The van der Waals surface area contributed by atoms with E-state index in [-0.39, 0.29) is 22.1 Å². The molecule has 0 aliphatic carbocycles. The summed E-state index contributed by atoms with van der Waals surface area (Å²) >= 11 is 0. The summed E-state index contributed by atoms with van der Waals surface area (Å²) < 4.78 is 20.3. The van der Waals surface area contributed by atoms with Crippen molar-refractivity contribution >= 4 is 18.0 Å². The van der Waals surface area contributed by atoms with Gasteiger partial charge in [-0.15, -0.1) is 0 Å². The van der Waals surface area contributed by atoms with E-state index in [0.717, 1.165) is 11.1 Å². The third-order valence-electron chi connectivity index (χ3n) is 5.77. The molecule has 2 N–H and O–H groups in total. The van der Waals surface area contributed by atoms with Crippen molar-refractivity contribution in [1.29, 1.82) is 0 Å². The minimum Gasteiger partial charge on any atom is -0.507 e. The van der Waals surface area contributed by atoms with Crippen molar-refractivity contribution in [3.63, 3.8) is 0 Å². The number of ether oxygens (including phenoxy) is 4. The molecule has 0 spiro atoms. The first-order chi connectivity index (χ1) is 18.8. The Morgan fingerprint density at radius 2 is 1.24 bits per heavy atom. The van der Waals surface area contributed by atoms with Crippen molar-refractivity contribution in [2.45, 2.75) is 85.2 Å². The molecule has 2 rings (SSSR count). The number of methoxy groups -OCH3 is 2. The highest BCUT2D eigenvalue weighted by atomic mass is 16.6. The minimum absolute atomic E-state index is 0.0331. The van der Waals surface area contributed by atoms with E-state index in [2.05, 4.69) is 30.8 Å². The van der Waals surface area contributed by atoms with E-state index >= 15 is 0 Å². The van der Waals surface area contributed by atoms with Crippen LogP contribution < -0.4 is 10.1 Å². The Hall–Kier alpha value is -3.75. The lowest BCUT2D eigenvalue weighted by molar-refractivity contribution is 0.0523. The van der Waals surface area contributed by atoms with E-state index in [1.165, 1.54) is 14.2 Å². The molecule has 0 heterocycles. The first-order valence-electron chi connectivity index (χ1n) is 13.5. The number of hydrogen-bond acceptors (Lipinski definition) is 8. The number of phenolic OH excluding ortho intramolecular Hbond substituents is 1. The fourth-order valence-corrected chi connectivity index (χ4v) is 3.43. The van der Waals surface area contributed by atoms with Crippen LogP contribution in [0, 0.1) is 0 Å². The first kappa shape index (κ1) is 35.3. The molecule has 0 aromatic heterocycles. The molecule has 2 aromatic carbocycles. The Morgan fingerprint density at radius 1 is 0.756 bits per heavy atom. The average molecular weight is 574 g/mol. The van der Waals surface area contributed by atoms with Crippen molar-refractivity contribution in [3.8, 4) is 11.5 Å². The van der Waals surface area contributed by atoms with E-state index in [4.69, 9.17) is 14.2 Å². The predicted octanol–water partition coefficient (Wildman–Crippen LogP) is 6.54. The SMILES string of the molecule is COC(=O)c1ccc(C(C)(C)C)cc1O.COC(=O)c1ccc(C(C)(C)C)cc1OCCCNC(=O)OC(C)(C)C. The van der Waals surface area contributed by atoms with Gasteiger partial charge in [0.05, 0.1) is 20.8 Å². The van der Waals surface area contributed by atoms with Crippen LogP contribution in [0.3, 0.4) is 0 Å². The molecule has 41 heavy (non-hydrogen) atoms. The van der Waals surface area contributed by atoms with Crippen LogP contribution in [0.2, 0.25) is 0 Å². The van der Waals surface area contributed by atoms with Crippen LogP contribution in [-0.2, 0) is 25.0 Å². The number of aromatic hydroxyl groups is 1. The molecule has 1 amide bonds. The zero-order chi connectivity index (χ0) is 31.6. The average Bonchev–Trinajstić information content (AvgIpc) is 2.85. The van der Waals surface area contributed by atoms with E-state index in [1.807, 2.05) is 59.7 Å². The van der Waals surface area contributed by atoms with Crippen LogP contribution >= 0.6 is 0 Å². The lowest BCUT2D eigenvalue weighted by Crippen LogP contribution is -2.33. The molecule has 0 saturated carbocycles. The van der Waals surface area contributed by atoms with Gasteiger partial charge in [-0.25, -0.2) is 14.4 Å². The predicted molar refractivity (Wildman–Crippen MR) is 159 cm³/mol. The van der Waals surface area contributed by atoms with Gasteiger partial charge in [0.1, 0.15) is 28.2 Å². The molecular formula is C32H47NO8. The summed E-state index contributed by atoms with van der Waals surface area (Å²) in [6.07, 6.45) is 0.127. The first-order valence-corrected chi connectivity index (χ1v) is 13.5. The molecule has 0 saturated heterocycles. The Bertz CT molecular complexity index is 1180. The van der Waals surface area contributed by atoms with Gasteiger partial charge in [0.2, 0.25) is 0 Å². The largest absolute Gasteiger partial charge is 0.507 e. The standard InChI is InChI=1S/C20H31NO5.C12H16O3/c1-19(2,3)14-9-10-15(17(22)24-7)16(13-14)25-12-8-11-21-18(23)26-20(4,5)6;1-12(2,3)8-5-6-9(10(13)7-8)11(14)15-4/h9-10,13H,8,11-12H2,1-7H3,(H,21,23);5-7,13H,1-4H3. The molecule has 2 aromatic rings. The molecule has 9 heteroatoms. The van der Waals surface area contributed by atoms with Crippen molar-refractivity contribution in [2.75, 3.05) is 27.4 Å². The van der Waals surface area contributed by atoms with Gasteiger partial charge in [0, 0.05) is 6.54 Å². The topological polar surface area (TPSA) is 120 Å². The Balaban J connectivity index is 0.000000474. The molecule has 0 unspecified atom stereocenters. The molecule has 0 aliphatic rings. The van der Waals surface area contributed by atoms with Crippen LogP contribution in [0.5, 0.6) is 11.5 Å². The number of phenols is 1. The van der Waals surface area contributed by atoms with E-state index in [0.29, 0.717) is 30.9 Å². The van der Waals surface area contributed by atoms with Crippen molar-refractivity contribution in [2.24, 2.45) is 0 Å². The second-order valence-electron chi connectivity index (χ2n) is 12.6. The second-order valence-corrected chi connectivity index (χ2v) is 12.6. The number of hydrogen-bond donors (Lipinski definition) is 2. The van der Waals surface area contributed by atoms with Gasteiger partial charge in [0.25, 0.3) is 0 Å². The van der Waals surface area contributed by atoms with E-state index in [1.54, 1.807) is 18.2 Å². The van der Waals surface area contributed by atoms with Gasteiger partial charge in [-0.05, 0) is 73.4 Å². The fraction of sp³-hybridized carbons (Fsp3) is 0.531. The van der Waals surface area contributed by atoms with Crippen molar-refractivity contribution in [3.05, 3.63) is 58.7 Å². The summed E-state index contributed by atoms with van der Waals surface area (Å²) in [5, 5.41) is 12.3. The van der Waals surface area contributed by atoms with Crippen LogP contribution in [0.25, 0.3) is 0 Å². The number of nitrogens with one attached hydrogen (secondary N) is 1. The number of alkyl carbamates (subject to hydrolysis) is 1. The maximum absolute atomic E-state index is 11.9. The maximum atomic E-state index is 11.9. The van der Waals surface area contributed by atoms with Gasteiger partial charge in [-0.1, -0.05) is 53.7 Å². The lowest BCUT2D eigenvalue weighted by Gasteiger charge is -2.21. The van der Waals surface area contributed by atoms with Crippen LogP contribution in [0.15, 0.2) is 36.4 Å². The van der Waals surface area contributed by atoms with E-state index in [9.17, 15) is 19.5 Å². The number of rotatable bonds is 7.